The number of anilines is 3. The van der Waals surface area contributed by atoms with Crippen LogP contribution in [-0.4, -0.2) is 55.3 Å². The van der Waals surface area contributed by atoms with Gasteiger partial charge in [-0.05, 0) is 42.9 Å². The van der Waals surface area contributed by atoms with Crippen LogP contribution >= 0.6 is 0 Å². The number of nitrogen functional groups attached to an aromatic ring is 1. The van der Waals surface area contributed by atoms with Gasteiger partial charge in [0.15, 0.2) is 11.5 Å². The molecule has 1 aliphatic heterocycles. The van der Waals surface area contributed by atoms with Crippen LogP contribution in [0.25, 0.3) is 0 Å². The number of benzene rings is 1. The molecule has 2 aromatic rings. The Balaban J connectivity index is 1.37. The van der Waals surface area contributed by atoms with Gasteiger partial charge in [-0.1, -0.05) is 0 Å². The van der Waals surface area contributed by atoms with Gasteiger partial charge >= 0.3 is 0 Å². The Kier molecular flexibility index (Phi) is 5.03. The van der Waals surface area contributed by atoms with Crippen molar-refractivity contribution in [3.8, 4) is 11.5 Å². The van der Waals surface area contributed by atoms with Crippen LogP contribution in [0.2, 0.25) is 0 Å². The number of nitrogens with two attached hydrogens (primary N) is 1. The lowest BCUT2D eigenvalue weighted by Crippen LogP contribution is -2.25. The fraction of sp³-hybridized carbons (Fsp3) is 0.500. The van der Waals surface area contributed by atoms with E-state index in [9.17, 15) is 0 Å². The van der Waals surface area contributed by atoms with E-state index in [2.05, 4.69) is 14.9 Å². The van der Waals surface area contributed by atoms with Gasteiger partial charge in [0.2, 0.25) is 5.95 Å². The minimum atomic E-state index is 0.441. The smallest absolute Gasteiger partial charge is 0.231 e. The van der Waals surface area contributed by atoms with Gasteiger partial charge in [-0.3, -0.25) is 0 Å². The van der Waals surface area contributed by atoms with Crippen LogP contribution in [0.3, 0.4) is 0 Å². The summed E-state index contributed by atoms with van der Waals surface area (Å²) >= 11 is 0. The van der Waals surface area contributed by atoms with Gasteiger partial charge in [-0.25, -0.2) is 4.98 Å². The average Bonchev–Trinajstić information content (AvgIpc) is 3.30. The highest BCUT2D eigenvalue weighted by Gasteiger charge is 2.44. The number of piperidine rings is 1. The zero-order valence-electron chi connectivity index (χ0n) is 16.0. The van der Waals surface area contributed by atoms with E-state index in [-0.39, 0.29) is 0 Å². The molecule has 2 heterocycles. The molecule has 2 aliphatic rings. The Morgan fingerprint density at radius 1 is 1.22 bits per heavy atom. The molecule has 4 rings (SSSR count). The molecule has 1 aliphatic carbocycles. The van der Waals surface area contributed by atoms with E-state index in [1.54, 1.807) is 19.4 Å². The minimum absolute atomic E-state index is 0.441. The van der Waals surface area contributed by atoms with Crippen LogP contribution in [0.1, 0.15) is 12.8 Å². The molecule has 144 valence electrons. The van der Waals surface area contributed by atoms with Crippen molar-refractivity contribution in [3.05, 3.63) is 30.5 Å². The fourth-order valence-corrected chi connectivity index (χ4v) is 3.77. The Hall–Kier alpha value is -2.54. The Morgan fingerprint density at radius 3 is 2.78 bits per heavy atom. The first-order valence-electron chi connectivity index (χ1n) is 9.49. The van der Waals surface area contributed by atoms with E-state index in [1.807, 2.05) is 30.1 Å². The lowest BCUT2D eigenvalue weighted by atomic mass is 10.2. The summed E-state index contributed by atoms with van der Waals surface area (Å²) in [6, 6.07) is 7.48. The number of nitrogens with zero attached hydrogens (tertiary/aromatic N) is 4. The maximum atomic E-state index is 6.03. The molecule has 1 saturated carbocycles. The van der Waals surface area contributed by atoms with Gasteiger partial charge in [-0.15, -0.1) is 0 Å². The third kappa shape index (κ3) is 4.08. The predicted molar refractivity (Wildman–Crippen MR) is 106 cm³/mol. The monoisotopic (exact) mass is 369 g/mol. The third-order valence-corrected chi connectivity index (χ3v) is 5.43. The van der Waals surface area contributed by atoms with Crippen molar-refractivity contribution in [3.63, 3.8) is 0 Å². The summed E-state index contributed by atoms with van der Waals surface area (Å²) in [5, 5.41) is 0. The number of rotatable bonds is 8. The first-order valence-corrected chi connectivity index (χ1v) is 9.49. The minimum Gasteiger partial charge on any atom is -0.493 e. The fourth-order valence-electron chi connectivity index (χ4n) is 3.77. The maximum absolute atomic E-state index is 6.03. The number of methoxy groups -OCH3 is 1. The van der Waals surface area contributed by atoms with Crippen molar-refractivity contribution in [2.45, 2.75) is 12.8 Å². The number of hydrogen-bond donors (Lipinski definition) is 1. The van der Waals surface area contributed by atoms with Crippen LogP contribution in [0.5, 0.6) is 11.5 Å². The average molecular weight is 369 g/mol. The summed E-state index contributed by atoms with van der Waals surface area (Å²) in [6.07, 6.45) is 4.11. The Labute approximate surface area is 160 Å². The van der Waals surface area contributed by atoms with E-state index in [0.717, 1.165) is 42.0 Å². The topological polar surface area (TPSA) is 76.7 Å². The van der Waals surface area contributed by atoms with Crippen molar-refractivity contribution >= 4 is 17.5 Å². The second kappa shape index (κ2) is 7.60. The van der Waals surface area contributed by atoms with Crippen molar-refractivity contribution in [1.82, 2.24) is 14.9 Å². The third-order valence-electron chi connectivity index (χ3n) is 5.43. The Morgan fingerprint density at radius 2 is 2.04 bits per heavy atom. The molecule has 2 unspecified atom stereocenters. The number of hydrogen-bond acceptors (Lipinski definition) is 7. The van der Waals surface area contributed by atoms with Crippen molar-refractivity contribution in [2.75, 3.05) is 51.0 Å². The molecule has 0 radical (unpaired) electrons. The second-order valence-corrected chi connectivity index (χ2v) is 7.39. The highest BCUT2D eigenvalue weighted by Crippen LogP contribution is 2.44. The van der Waals surface area contributed by atoms with Crippen molar-refractivity contribution < 1.29 is 9.47 Å². The van der Waals surface area contributed by atoms with E-state index >= 15 is 0 Å². The predicted octanol–water partition coefficient (Wildman–Crippen LogP) is 2.56. The van der Waals surface area contributed by atoms with Crippen LogP contribution in [0.15, 0.2) is 30.5 Å². The van der Waals surface area contributed by atoms with E-state index < -0.39 is 0 Å². The number of ether oxygens (including phenoxy) is 2. The SMILES string of the molecule is COc1ccc(N(C)c2nccc(N)n2)cc1OCCCN1CC2CC2C1. The molecule has 7 heteroatoms. The van der Waals surface area contributed by atoms with Gasteiger partial charge in [-0.2, -0.15) is 4.98 Å². The molecule has 0 bridgehead atoms. The highest BCUT2D eigenvalue weighted by molar-refractivity contribution is 5.62. The van der Waals surface area contributed by atoms with Crippen LogP contribution in [0.4, 0.5) is 17.5 Å². The van der Waals surface area contributed by atoms with Crippen molar-refractivity contribution in [1.29, 1.82) is 0 Å². The standard InChI is InChI=1S/C20H27N5O2/c1-24(20-22-7-6-19(21)23-20)16-4-5-17(26-2)18(11-16)27-9-3-8-25-12-14-10-15(14)13-25/h4-7,11,14-15H,3,8-10,12-13H2,1-2H3,(H2,21,22,23). The van der Waals surface area contributed by atoms with Crippen LogP contribution in [0, 0.1) is 11.8 Å². The molecule has 7 nitrogen and oxygen atoms in total. The summed E-state index contributed by atoms with van der Waals surface area (Å²) in [6.45, 7) is 4.32. The summed E-state index contributed by atoms with van der Waals surface area (Å²) in [4.78, 5) is 13.0. The highest BCUT2D eigenvalue weighted by atomic mass is 16.5. The summed E-state index contributed by atoms with van der Waals surface area (Å²) in [5.41, 5.74) is 6.68. The molecular weight excluding hydrogens is 342 g/mol. The molecular formula is C20H27N5O2. The largest absolute Gasteiger partial charge is 0.493 e. The van der Waals surface area contributed by atoms with Crippen molar-refractivity contribution in [2.24, 2.45) is 11.8 Å². The molecule has 2 atom stereocenters. The summed E-state index contributed by atoms with van der Waals surface area (Å²) < 4.78 is 11.5. The van der Waals surface area contributed by atoms with Gasteiger partial charge < -0.3 is 25.0 Å². The first kappa shape index (κ1) is 17.9. The summed E-state index contributed by atoms with van der Waals surface area (Å²) in [5.74, 6) is 4.40. The molecule has 2 fully saturated rings. The van der Waals surface area contributed by atoms with Gasteiger partial charge in [0.25, 0.3) is 0 Å². The zero-order valence-corrected chi connectivity index (χ0v) is 16.0. The maximum Gasteiger partial charge on any atom is 0.231 e. The van der Waals surface area contributed by atoms with Crippen LogP contribution < -0.4 is 20.1 Å². The van der Waals surface area contributed by atoms with Gasteiger partial charge in [0.05, 0.1) is 13.7 Å². The molecule has 1 aromatic heterocycles. The number of aromatic nitrogens is 2. The van der Waals surface area contributed by atoms with E-state index in [4.69, 9.17) is 15.2 Å². The number of likely N-dealkylation sites (tertiary alicyclic amines) is 1. The first-order chi connectivity index (χ1) is 13.1. The lowest BCUT2D eigenvalue weighted by molar-refractivity contribution is 0.243. The van der Waals surface area contributed by atoms with Crippen LogP contribution in [-0.2, 0) is 0 Å². The molecule has 1 aromatic carbocycles. The molecule has 1 saturated heterocycles. The summed E-state index contributed by atoms with van der Waals surface area (Å²) in [7, 11) is 3.56. The molecule has 27 heavy (non-hydrogen) atoms. The number of fused-ring (bicyclic) bond motifs is 1. The lowest BCUT2D eigenvalue weighted by Gasteiger charge is -2.20. The molecule has 0 amide bonds. The van der Waals surface area contributed by atoms with Gasteiger partial charge in [0, 0.05) is 44.6 Å². The Bertz CT molecular complexity index is 790. The van der Waals surface area contributed by atoms with Gasteiger partial charge in [0.1, 0.15) is 5.82 Å². The normalized spacial score (nSPS) is 21.0. The molecule has 0 spiro atoms. The molecule has 2 N–H and O–H groups in total. The van der Waals surface area contributed by atoms with E-state index in [1.165, 1.54) is 19.5 Å². The van der Waals surface area contributed by atoms with E-state index in [0.29, 0.717) is 18.4 Å². The quantitative estimate of drug-likeness (QED) is 0.717. The second-order valence-electron chi connectivity index (χ2n) is 7.39. The zero-order chi connectivity index (χ0) is 18.8.